The molecule has 0 saturated heterocycles. The van der Waals surface area contributed by atoms with Crippen molar-refractivity contribution in [3.63, 3.8) is 0 Å². The second-order valence-corrected chi connectivity index (χ2v) is 4.37. The molecule has 0 bridgehead atoms. The van der Waals surface area contributed by atoms with Crippen molar-refractivity contribution < 1.29 is 19.4 Å². The van der Waals surface area contributed by atoms with E-state index in [1.165, 1.54) is 0 Å². The Bertz CT molecular complexity index is 390. The number of ether oxygens (including phenoxy) is 2. The predicted molar refractivity (Wildman–Crippen MR) is 66.9 cm³/mol. The fraction of sp³-hybridized carbons (Fsp3) is 0.417. The van der Waals surface area contributed by atoms with Crippen molar-refractivity contribution in [2.75, 3.05) is 13.2 Å². The lowest BCUT2D eigenvalue weighted by Gasteiger charge is -2.13. The number of hydrogen-bond acceptors (Lipinski definition) is 4. The van der Waals surface area contributed by atoms with Crippen molar-refractivity contribution in [3.8, 4) is 5.75 Å². The highest BCUT2D eigenvalue weighted by Gasteiger charge is 2.11. The van der Waals surface area contributed by atoms with Gasteiger partial charge in [0.25, 0.3) is 0 Å². The fourth-order valence-electron chi connectivity index (χ4n) is 1.32. The molecule has 0 radical (unpaired) electrons. The molecule has 1 N–H and O–H groups in total. The van der Waals surface area contributed by atoms with E-state index in [2.05, 4.69) is 15.9 Å². The summed E-state index contributed by atoms with van der Waals surface area (Å²) >= 11 is 3.31. The molecule has 0 saturated carbocycles. The van der Waals surface area contributed by atoms with Crippen molar-refractivity contribution >= 4 is 21.9 Å². The summed E-state index contributed by atoms with van der Waals surface area (Å²) in [6.45, 7) is 3.54. The summed E-state index contributed by atoms with van der Waals surface area (Å²) in [5, 5.41) is 9.58. The number of aliphatic hydroxyl groups excluding tert-OH is 1. The zero-order chi connectivity index (χ0) is 12.8. The van der Waals surface area contributed by atoms with Gasteiger partial charge in [-0.1, -0.05) is 15.9 Å². The first-order valence-electron chi connectivity index (χ1n) is 5.30. The van der Waals surface area contributed by atoms with Gasteiger partial charge in [-0.05, 0) is 32.0 Å². The van der Waals surface area contributed by atoms with E-state index < -0.39 is 12.1 Å². The Kier molecular flexibility index (Phi) is 5.44. The molecule has 0 aliphatic heterocycles. The highest BCUT2D eigenvalue weighted by Crippen LogP contribution is 2.28. The van der Waals surface area contributed by atoms with Gasteiger partial charge in [-0.25, -0.2) is 4.79 Å². The van der Waals surface area contributed by atoms with Crippen LogP contribution in [0.5, 0.6) is 5.75 Å². The van der Waals surface area contributed by atoms with Gasteiger partial charge >= 0.3 is 5.97 Å². The normalized spacial score (nSPS) is 12.0. The molecule has 1 rings (SSSR count). The predicted octanol–water partition coefficient (Wildman–Crippen LogP) is 2.44. The third-order valence-corrected chi connectivity index (χ3v) is 2.57. The molecule has 0 fully saturated rings. The van der Waals surface area contributed by atoms with Gasteiger partial charge in [0.1, 0.15) is 5.75 Å². The first-order chi connectivity index (χ1) is 8.04. The van der Waals surface area contributed by atoms with E-state index in [0.717, 1.165) is 4.47 Å². The van der Waals surface area contributed by atoms with Gasteiger partial charge in [0.2, 0.25) is 0 Å². The monoisotopic (exact) mass is 302 g/mol. The molecule has 0 aromatic heterocycles. The van der Waals surface area contributed by atoms with Crippen LogP contribution in [0.1, 0.15) is 25.5 Å². The maximum atomic E-state index is 11.1. The summed E-state index contributed by atoms with van der Waals surface area (Å²) in [6, 6.07) is 5.24. The van der Waals surface area contributed by atoms with Crippen LogP contribution in [0.25, 0.3) is 0 Å². The Morgan fingerprint density at radius 3 is 2.82 bits per heavy atom. The largest absolute Gasteiger partial charge is 0.482 e. The molecule has 17 heavy (non-hydrogen) atoms. The molecule has 94 valence electrons. The Morgan fingerprint density at radius 2 is 2.24 bits per heavy atom. The van der Waals surface area contributed by atoms with E-state index in [0.29, 0.717) is 17.9 Å². The number of benzene rings is 1. The van der Waals surface area contributed by atoms with E-state index in [9.17, 15) is 9.90 Å². The molecule has 5 heteroatoms. The Morgan fingerprint density at radius 1 is 1.53 bits per heavy atom. The molecule has 4 nitrogen and oxygen atoms in total. The van der Waals surface area contributed by atoms with Crippen LogP contribution in [0.2, 0.25) is 0 Å². The summed E-state index contributed by atoms with van der Waals surface area (Å²) in [5.74, 6) is 0.0585. The highest BCUT2D eigenvalue weighted by molar-refractivity contribution is 9.10. The van der Waals surface area contributed by atoms with E-state index in [4.69, 9.17) is 9.47 Å². The van der Waals surface area contributed by atoms with E-state index in [1.807, 2.05) is 0 Å². The first kappa shape index (κ1) is 14.0. The number of rotatable bonds is 5. The Labute approximate surface area is 109 Å². The van der Waals surface area contributed by atoms with Crippen molar-refractivity contribution in [1.29, 1.82) is 0 Å². The van der Waals surface area contributed by atoms with Gasteiger partial charge in [-0.2, -0.15) is 0 Å². The van der Waals surface area contributed by atoms with Crippen molar-refractivity contribution in [2.45, 2.75) is 20.0 Å². The number of aliphatic hydroxyl groups is 1. The smallest absolute Gasteiger partial charge is 0.344 e. The molecular formula is C12H15BrO4. The van der Waals surface area contributed by atoms with Crippen LogP contribution in [0.3, 0.4) is 0 Å². The highest BCUT2D eigenvalue weighted by atomic mass is 79.9. The van der Waals surface area contributed by atoms with Crippen LogP contribution >= 0.6 is 15.9 Å². The van der Waals surface area contributed by atoms with Gasteiger partial charge in [0, 0.05) is 10.0 Å². The Hall–Kier alpha value is -1.07. The number of esters is 1. The minimum absolute atomic E-state index is 0.158. The van der Waals surface area contributed by atoms with Gasteiger partial charge in [0.15, 0.2) is 6.61 Å². The lowest BCUT2D eigenvalue weighted by atomic mass is 10.1. The average molecular weight is 303 g/mol. The van der Waals surface area contributed by atoms with Crippen LogP contribution in [-0.2, 0) is 9.53 Å². The maximum absolute atomic E-state index is 11.1. The summed E-state index contributed by atoms with van der Waals surface area (Å²) in [7, 11) is 0. The van der Waals surface area contributed by atoms with Crippen LogP contribution in [0.4, 0.5) is 0 Å². The number of carbonyl (C=O) groups is 1. The van der Waals surface area contributed by atoms with Gasteiger partial charge < -0.3 is 14.6 Å². The quantitative estimate of drug-likeness (QED) is 0.849. The minimum Gasteiger partial charge on any atom is -0.482 e. The molecule has 0 aliphatic carbocycles. The number of hydrogen-bond donors (Lipinski definition) is 1. The van der Waals surface area contributed by atoms with E-state index in [1.54, 1.807) is 32.0 Å². The molecule has 1 unspecified atom stereocenters. The van der Waals surface area contributed by atoms with Gasteiger partial charge in [-0.15, -0.1) is 0 Å². The van der Waals surface area contributed by atoms with E-state index in [-0.39, 0.29) is 6.61 Å². The number of halogens is 1. The molecule has 1 aromatic rings. The maximum Gasteiger partial charge on any atom is 0.344 e. The zero-order valence-electron chi connectivity index (χ0n) is 9.77. The topological polar surface area (TPSA) is 55.8 Å². The summed E-state index contributed by atoms with van der Waals surface area (Å²) in [6.07, 6.45) is -0.662. The van der Waals surface area contributed by atoms with Crippen LogP contribution in [-0.4, -0.2) is 24.3 Å². The fourth-order valence-corrected chi connectivity index (χ4v) is 1.70. The second kappa shape index (κ2) is 6.61. The van der Waals surface area contributed by atoms with E-state index >= 15 is 0 Å². The molecule has 0 amide bonds. The van der Waals surface area contributed by atoms with Gasteiger partial charge in [0.05, 0.1) is 12.7 Å². The van der Waals surface area contributed by atoms with Gasteiger partial charge in [-0.3, -0.25) is 0 Å². The molecule has 0 heterocycles. The average Bonchev–Trinajstić information content (AvgIpc) is 2.27. The summed E-state index contributed by atoms with van der Waals surface area (Å²) in [5.41, 5.74) is 0.628. The number of carbonyl (C=O) groups excluding carboxylic acids is 1. The molecule has 0 aliphatic rings. The van der Waals surface area contributed by atoms with Crippen molar-refractivity contribution in [2.24, 2.45) is 0 Å². The summed E-state index contributed by atoms with van der Waals surface area (Å²) < 4.78 is 10.9. The van der Waals surface area contributed by atoms with Crippen LogP contribution in [0.15, 0.2) is 22.7 Å². The zero-order valence-corrected chi connectivity index (χ0v) is 11.4. The standard InChI is InChI=1S/C12H15BrO4/c1-3-16-12(15)7-17-11-5-4-9(13)6-10(11)8(2)14/h4-6,8,14H,3,7H2,1-2H3. The van der Waals surface area contributed by atoms with Crippen LogP contribution < -0.4 is 4.74 Å². The molecular weight excluding hydrogens is 288 g/mol. The SMILES string of the molecule is CCOC(=O)COc1ccc(Br)cc1C(C)O. The lowest BCUT2D eigenvalue weighted by molar-refractivity contribution is -0.145. The van der Waals surface area contributed by atoms with Crippen molar-refractivity contribution in [3.05, 3.63) is 28.2 Å². The third kappa shape index (κ3) is 4.36. The first-order valence-corrected chi connectivity index (χ1v) is 6.09. The molecule has 1 atom stereocenters. The third-order valence-electron chi connectivity index (χ3n) is 2.07. The van der Waals surface area contributed by atoms with Crippen LogP contribution in [0, 0.1) is 0 Å². The molecule has 0 spiro atoms. The Balaban J connectivity index is 2.73. The molecule has 1 aromatic carbocycles. The minimum atomic E-state index is -0.662. The lowest BCUT2D eigenvalue weighted by Crippen LogP contribution is -2.15. The van der Waals surface area contributed by atoms with Crippen molar-refractivity contribution in [1.82, 2.24) is 0 Å². The second-order valence-electron chi connectivity index (χ2n) is 3.45. The summed E-state index contributed by atoms with van der Waals surface area (Å²) in [4.78, 5) is 11.1.